The van der Waals surface area contributed by atoms with Crippen molar-refractivity contribution in [2.75, 3.05) is 21.3 Å². The first kappa shape index (κ1) is 18.5. The minimum Gasteiger partial charge on any atom is -0.497 e. The summed E-state index contributed by atoms with van der Waals surface area (Å²) >= 11 is 0. The number of benzene rings is 2. The lowest BCUT2D eigenvalue weighted by Crippen LogP contribution is -2.26. The number of carbonyl (C=O) groups is 2. The number of nitrogens with zero attached hydrogens (tertiary/aromatic N) is 1. The Kier molecular flexibility index (Phi) is 6.57. The zero-order valence-electron chi connectivity index (χ0n) is 14.8. The van der Waals surface area contributed by atoms with Gasteiger partial charge in [-0.2, -0.15) is 0 Å². The van der Waals surface area contributed by atoms with Crippen molar-refractivity contribution in [1.82, 2.24) is 4.90 Å². The maximum absolute atomic E-state index is 12.3. The second-order valence-corrected chi connectivity index (χ2v) is 5.72. The average Bonchev–Trinajstić information content (AvgIpc) is 2.66. The van der Waals surface area contributed by atoms with Crippen LogP contribution in [0.4, 0.5) is 0 Å². The summed E-state index contributed by atoms with van der Waals surface area (Å²) in [5.74, 6) is 1.26. The van der Waals surface area contributed by atoms with Crippen LogP contribution >= 0.6 is 0 Å². The van der Waals surface area contributed by atoms with Crippen LogP contribution in [0.5, 0.6) is 11.5 Å². The van der Waals surface area contributed by atoms with Crippen LogP contribution in [0.3, 0.4) is 0 Å². The predicted molar refractivity (Wildman–Crippen MR) is 96.0 cm³/mol. The number of ether oxygens (including phenoxy) is 2. The van der Waals surface area contributed by atoms with E-state index >= 15 is 0 Å². The molecule has 0 saturated heterocycles. The van der Waals surface area contributed by atoms with Gasteiger partial charge in [-0.15, -0.1) is 0 Å². The van der Waals surface area contributed by atoms with E-state index in [0.29, 0.717) is 23.6 Å². The van der Waals surface area contributed by atoms with Crippen LogP contribution in [0.2, 0.25) is 0 Å². The van der Waals surface area contributed by atoms with E-state index in [-0.39, 0.29) is 24.5 Å². The quantitative estimate of drug-likeness (QED) is 0.691. The van der Waals surface area contributed by atoms with Crippen molar-refractivity contribution in [3.63, 3.8) is 0 Å². The Morgan fingerprint density at radius 1 is 0.960 bits per heavy atom. The lowest BCUT2D eigenvalue weighted by atomic mass is 10.1. The average molecular weight is 341 g/mol. The van der Waals surface area contributed by atoms with Crippen molar-refractivity contribution in [3.05, 3.63) is 59.7 Å². The van der Waals surface area contributed by atoms with Gasteiger partial charge >= 0.3 is 0 Å². The van der Waals surface area contributed by atoms with Crippen molar-refractivity contribution >= 4 is 11.7 Å². The molecule has 2 rings (SSSR count). The number of amides is 1. The fraction of sp³-hybridized carbons (Fsp3) is 0.300. The fourth-order valence-corrected chi connectivity index (χ4v) is 2.51. The molecule has 0 aromatic heterocycles. The second-order valence-electron chi connectivity index (χ2n) is 5.72. The summed E-state index contributed by atoms with van der Waals surface area (Å²) in [5, 5.41) is 0. The Morgan fingerprint density at radius 2 is 1.68 bits per heavy atom. The smallest absolute Gasteiger partial charge is 0.223 e. The number of hydrogen-bond donors (Lipinski definition) is 0. The first-order valence-electron chi connectivity index (χ1n) is 8.08. The van der Waals surface area contributed by atoms with E-state index < -0.39 is 0 Å². The van der Waals surface area contributed by atoms with E-state index in [9.17, 15) is 9.59 Å². The molecule has 0 aliphatic heterocycles. The minimum atomic E-state index is -0.0813. The summed E-state index contributed by atoms with van der Waals surface area (Å²) < 4.78 is 10.5. The Hall–Kier alpha value is -2.82. The normalized spacial score (nSPS) is 10.2. The largest absolute Gasteiger partial charge is 0.497 e. The molecule has 5 nitrogen and oxygen atoms in total. The van der Waals surface area contributed by atoms with Crippen LogP contribution in [-0.4, -0.2) is 37.9 Å². The molecule has 0 unspecified atom stereocenters. The van der Waals surface area contributed by atoms with Crippen LogP contribution in [-0.2, 0) is 11.3 Å². The number of hydrogen-bond acceptors (Lipinski definition) is 4. The van der Waals surface area contributed by atoms with Crippen LogP contribution in [0, 0.1) is 0 Å². The molecule has 1 amide bonds. The molecule has 2 aromatic rings. The monoisotopic (exact) mass is 341 g/mol. The molecule has 0 N–H and O–H groups in total. The van der Waals surface area contributed by atoms with Crippen LogP contribution < -0.4 is 9.47 Å². The second kappa shape index (κ2) is 8.87. The Bertz CT molecular complexity index is 728. The third-order valence-electron chi connectivity index (χ3n) is 3.99. The van der Waals surface area contributed by atoms with Crippen molar-refractivity contribution in [1.29, 1.82) is 0 Å². The SMILES string of the molecule is COc1ccc(CN(C)C(=O)CCC(=O)c2ccccc2)c(OC)c1. The molecule has 5 heteroatoms. The van der Waals surface area contributed by atoms with Crippen LogP contribution in [0.1, 0.15) is 28.8 Å². The van der Waals surface area contributed by atoms with Gasteiger partial charge in [0.05, 0.1) is 14.2 Å². The summed E-state index contributed by atoms with van der Waals surface area (Å²) in [6, 6.07) is 14.5. The summed E-state index contributed by atoms with van der Waals surface area (Å²) in [7, 11) is 4.89. The molecule has 2 aromatic carbocycles. The Morgan fingerprint density at radius 3 is 2.32 bits per heavy atom. The maximum Gasteiger partial charge on any atom is 0.223 e. The van der Waals surface area contributed by atoms with Gasteiger partial charge in [0.15, 0.2) is 5.78 Å². The van der Waals surface area contributed by atoms with Crippen molar-refractivity contribution in [3.8, 4) is 11.5 Å². The van der Waals surface area contributed by atoms with Gasteiger partial charge in [-0.3, -0.25) is 9.59 Å². The molecule has 0 aliphatic carbocycles. The predicted octanol–water partition coefficient (Wildman–Crippen LogP) is 3.33. The highest BCUT2D eigenvalue weighted by Crippen LogP contribution is 2.25. The van der Waals surface area contributed by atoms with E-state index in [1.807, 2.05) is 30.3 Å². The van der Waals surface area contributed by atoms with Crippen LogP contribution in [0.25, 0.3) is 0 Å². The molecular weight excluding hydrogens is 318 g/mol. The van der Waals surface area contributed by atoms with Crippen molar-refractivity contribution in [2.24, 2.45) is 0 Å². The zero-order chi connectivity index (χ0) is 18.2. The molecule has 0 spiro atoms. The molecule has 0 fully saturated rings. The molecule has 0 radical (unpaired) electrons. The summed E-state index contributed by atoms with van der Waals surface area (Å²) in [4.78, 5) is 26.0. The lowest BCUT2D eigenvalue weighted by Gasteiger charge is -2.19. The van der Waals surface area contributed by atoms with Gasteiger partial charge in [0.25, 0.3) is 0 Å². The van der Waals surface area contributed by atoms with Crippen molar-refractivity contribution in [2.45, 2.75) is 19.4 Å². The van der Waals surface area contributed by atoms with Gasteiger partial charge in [-0.05, 0) is 12.1 Å². The number of ketones is 1. The van der Waals surface area contributed by atoms with E-state index in [1.165, 1.54) is 0 Å². The molecule has 0 bridgehead atoms. The first-order chi connectivity index (χ1) is 12.0. The molecule has 25 heavy (non-hydrogen) atoms. The molecule has 0 aliphatic rings. The van der Waals surface area contributed by atoms with E-state index in [4.69, 9.17) is 9.47 Å². The number of Topliss-reactive ketones (excluding diaryl/α,β-unsaturated/α-hetero) is 1. The number of rotatable bonds is 8. The number of methoxy groups -OCH3 is 2. The molecular formula is C20H23NO4. The summed E-state index contributed by atoms with van der Waals surface area (Å²) in [6.45, 7) is 0.408. The highest BCUT2D eigenvalue weighted by Gasteiger charge is 2.15. The highest BCUT2D eigenvalue weighted by molar-refractivity contribution is 5.97. The molecule has 0 saturated carbocycles. The topological polar surface area (TPSA) is 55.8 Å². The third-order valence-corrected chi connectivity index (χ3v) is 3.99. The molecule has 0 atom stereocenters. The lowest BCUT2D eigenvalue weighted by molar-refractivity contribution is -0.130. The van der Waals surface area contributed by atoms with Gasteiger partial charge < -0.3 is 14.4 Å². The Balaban J connectivity index is 1.93. The zero-order valence-corrected chi connectivity index (χ0v) is 14.8. The standard InChI is InChI=1S/C20H23NO4/c1-21(14-16-9-10-17(24-2)13-19(16)25-3)20(23)12-11-18(22)15-7-5-4-6-8-15/h4-10,13H,11-12,14H2,1-3H3. The van der Waals surface area contributed by atoms with E-state index in [1.54, 1.807) is 44.4 Å². The van der Waals surface area contributed by atoms with Gasteiger partial charge in [0.1, 0.15) is 11.5 Å². The highest BCUT2D eigenvalue weighted by atomic mass is 16.5. The van der Waals surface area contributed by atoms with Gasteiger partial charge in [-0.1, -0.05) is 30.3 Å². The van der Waals surface area contributed by atoms with E-state index in [2.05, 4.69) is 0 Å². The summed E-state index contributed by atoms with van der Waals surface area (Å²) in [5.41, 5.74) is 1.52. The van der Waals surface area contributed by atoms with Gasteiger partial charge in [-0.25, -0.2) is 0 Å². The fourth-order valence-electron chi connectivity index (χ4n) is 2.51. The maximum atomic E-state index is 12.3. The summed E-state index contributed by atoms with van der Waals surface area (Å²) in [6.07, 6.45) is 0.385. The Labute approximate surface area is 148 Å². The van der Waals surface area contributed by atoms with Gasteiger partial charge in [0, 0.05) is 43.6 Å². The van der Waals surface area contributed by atoms with Gasteiger partial charge in [0.2, 0.25) is 5.91 Å². The van der Waals surface area contributed by atoms with E-state index in [0.717, 1.165) is 5.56 Å². The molecule has 132 valence electrons. The number of carbonyl (C=O) groups excluding carboxylic acids is 2. The third kappa shape index (κ3) is 5.08. The van der Waals surface area contributed by atoms with Crippen LogP contribution in [0.15, 0.2) is 48.5 Å². The molecule has 0 heterocycles. The first-order valence-corrected chi connectivity index (χ1v) is 8.08. The minimum absolute atomic E-state index is 0.0237. The van der Waals surface area contributed by atoms with Crippen molar-refractivity contribution < 1.29 is 19.1 Å².